The quantitative estimate of drug-likeness (QED) is 0.807. The molecule has 2 atom stereocenters. The monoisotopic (exact) mass is 270 g/mol. The standard InChI is InChI=1S/C14H19ClO3/c1-10(15)12(14(2,3)13(16)17)18-9-11-7-5-4-6-8-11/h4-8,10,12H,9H2,1-3H3,(H,16,17). The van der Waals surface area contributed by atoms with Gasteiger partial charge in [0.25, 0.3) is 0 Å². The van der Waals surface area contributed by atoms with Gasteiger partial charge in [0.15, 0.2) is 0 Å². The Morgan fingerprint density at radius 1 is 1.39 bits per heavy atom. The Morgan fingerprint density at radius 2 is 1.94 bits per heavy atom. The summed E-state index contributed by atoms with van der Waals surface area (Å²) in [6.45, 7) is 5.37. The number of ether oxygens (including phenoxy) is 1. The Morgan fingerprint density at radius 3 is 2.39 bits per heavy atom. The maximum atomic E-state index is 11.2. The summed E-state index contributed by atoms with van der Waals surface area (Å²) in [5.74, 6) is -0.909. The highest BCUT2D eigenvalue weighted by atomic mass is 35.5. The largest absolute Gasteiger partial charge is 0.481 e. The number of carboxylic acids is 1. The molecule has 1 N–H and O–H groups in total. The fourth-order valence-electron chi connectivity index (χ4n) is 1.80. The number of hydrogen-bond acceptors (Lipinski definition) is 2. The zero-order chi connectivity index (χ0) is 13.8. The van der Waals surface area contributed by atoms with Gasteiger partial charge >= 0.3 is 5.97 Å². The van der Waals surface area contributed by atoms with Crippen molar-refractivity contribution in [2.75, 3.05) is 0 Å². The molecule has 0 heterocycles. The third-order valence-corrected chi connectivity index (χ3v) is 3.18. The van der Waals surface area contributed by atoms with Gasteiger partial charge in [0.2, 0.25) is 0 Å². The molecule has 1 aromatic carbocycles. The van der Waals surface area contributed by atoms with Crippen molar-refractivity contribution in [1.29, 1.82) is 0 Å². The van der Waals surface area contributed by atoms with Crippen LogP contribution in [0.1, 0.15) is 26.3 Å². The van der Waals surface area contributed by atoms with Crippen LogP contribution in [-0.4, -0.2) is 22.6 Å². The highest BCUT2D eigenvalue weighted by molar-refractivity contribution is 6.21. The smallest absolute Gasteiger partial charge is 0.311 e. The van der Waals surface area contributed by atoms with Crippen LogP contribution in [0.15, 0.2) is 30.3 Å². The summed E-state index contributed by atoms with van der Waals surface area (Å²) < 4.78 is 5.70. The summed E-state index contributed by atoms with van der Waals surface area (Å²) in [5.41, 5.74) is -0.0170. The molecule has 100 valence electrons. The van der Waals surface area contributed by atoms with Crippen molar-refractivity contribution >= 4 is 17.6 Å². The molecular weight excluding hydrogens is 252 g/mol. The highest BCUT2D eigenvalue weighted by Crippen LogP contribution is 2.29. The fraction of sp³-hybridized carbons (Fsp3) is 0.500. The topological polar surface area (TPSA) is 46.5 Å². The summed E-state index contributed by atoms with van der Waals surface area (Å²) in [7, 11) is 0. The van der Waals surface area contributed by atoms with E-state index in [4.69, 9.17) is 16.3 Å². The number of aliphatic carboxylic acids is 1. The Balaban J connectivity index is 2.73. The summed E-state index contributed by atoms with van der Waals surface area (Å²) in [5, 5.41) is 8.84. The number of halogens is 1. The first kappa shape index (κ1) is 15.0. The molecule has 0 fully saturated rings. The van der Waals surface area contributed by atoms with Crippen LogP contribution in [0, 0.1) is 5.41 Å². The van der Waals surface area contributed by atoms with E-state index < -0.39 is 17.5 Å². The number of carbonyl (C=O) groups is 1. The van der Waals surface area contributed by atoms with Gasteiger partial charge in [0.05, 0.1) is 23.5 Å². The Kier molecular flexibility index (Phi) is 5.17. The minimum atomic E-state index is -1.02. The molecule has 0 aliphatic carbocycles. The van der Waals surface area contributed by atoms with Gasteiger partial charge in [0.1, 0.15) is 0 Å². The average molecular weight is 271 g/mol. The zero-order valence-electron chi connectivity index (χ0n) is 10.9. The maximum Gasteiger partial charge on any atom is 0.311 e. The van der Waals surface area contributed by atoms with Gasteiger partial charge in [-0.2, -0.15) is 0 Å². The van der Waals surface area contributed by atoms with E-state index in [1.54, 1.807) is 20.8 Å². The van der Waals surface area contributed by atoms with Crippen molar-refractivity contribution in [1.82, 2.24) is 0 Å². The SMILES string of the molecule is CC(Cl)C(OCc1ccccc1)C(C)(C)C(=O)O. The average Bonchev–Trinajstić information content (AvgIpc) is 2.29. The third-order valence-electron chi connectivity index (χ3n) is 2.95. The van der Waals surface area contributed by atoms with E-state index >= 15 is 0 Å². The summed E-state index contributed by atoms with van der Waals surface area (Å²) >= 11 is 6.05. The van der Waals surface area contributed by atoms with Gasteiger partial charge in [-0.15, -0.1) is 11.6 Å². The molecule has 0 aliphatic rings. The molecule has 18 heavy (non-hydrogen) atoms. The number of alkyl halides is 1. The molecule has 1 rings (SSSR count). The number of benzene rings is 1. The van der Waals surface area contributed by atoms with Crippen molar-refractivity contribution < 1.29 is 14.6 Å². The predicted octanol–water partition coefficient (Wildman–Crippen LogP) is 3.31. The van der Waals surface area contributed by atoms with Gasteiger partial charge in [-0.25, -0.2) is 0 Å². The van der Waals surface area contributed by atoms with Crippen LogP contribution in [0.4, 0.5) is 0 Å². The minimum absolute atomic E-state index is 0.360. The normalized spacial score (nSPS) is 15.1. The van der Waals surface area contributed by atoms with Crippen molar-refractivity contribution in [2.24, 2.45) is 5.41 Å². The second-order valence-electron chi connectivity index (χ2n) is 4.92. The van der Waals surface area contributed by atoms with E-state index in [-0.39, 0.29) is 5.38 Å². The first-order valence-electron chi connectivity index (χ1n) is 5.88. The van der Waals surface area contributed by atoms with E-state index in [9.17, 15) is 9.90 Å². The molecule has 0 aromatic heterocycles. The second-order valence-corrected chi connectivity index (χ2v) is 5.61. The lowest BCUT2D eigenvalue weighted by molar-refractivity contribution is -0.157. The molecule has 0 aliphatic heterocycles. The molecule has 4 heteroatoms. The first-order chi connectivity index (χ1) is 8.35. The molecule has 0 amide bonds. The van der Waals surface area contributed by atoms with Crippen LogP contribution in [0.2, 0.25) is 0 Å². The van der Waals surface area contributed by atoms with E-state index in [0.29, 0.717) is 6.61 Å². The van der Waals surface area contributed by atoms with Gasteiger partial charge in [0, 0.05) is 0 Å². The molecular formula is C14H19ClO3. The van der Waals surface area contributed by atoms with Gasteiger partial charge < -0.3 is 9.84 Å². The first-order valence-corrected chi connectivity index (χ1v) is 6.32. The van der Waals surface area contributed by atoms with Gasteiger partial charge in [-0.1, -0.05) is 30.3 Å². The van der Waals surface area contributed by atoms with E-state index in [1.807, 2.05) is 30.3 Å². The van der Waals surface area contributed by atoms with Crippen molar-refractivity contribution in [3.05, 3.63) is 35.9 Å². The minimum Gasteiger partial charge on any atom is -0.481 e. The maximum absolute atomic E-state index is 11.2. The van der Waals surface area contributed by atoms with Crippen molar-refractivity contribution in [3.8, 4) is 0 Å². The van der Waals surface area contributed by atoms with E-state index in [2.05, 4.69) is 0 Å². The van der Waals surface area contributed by atoms with Gasteiger partial charge in [-0.3, -0.25) is 4.79 Å². The Labute approximate surface area is 113 Å². The van der Waals surface area contributed by atoms with Crippen LogP contribution in [-0.2, 0) is 16.1 Å². The molecule has 2 unspecified atom stereocenters. The summed E-state index contributed by atoms with van der Waals surface area (Å²) in [6, 6.07) is 9.63. The lowest BCUT2D eigenvalue weighted by atomic mass is 9.85. The fourth-order valence-corrected chi connectivity index (χ4v) is 2.18. The Bertz CT molecular complexity index is 387. The molecule has 0 spiro atoms. The summed E-state index contributed by atoms with van der Waals surface area (Å²) in [6.07, 6.45) is -0.545. The van der Waals surface area contributed by atoms with Crippen LogP contribution in [0.25, 0.3) is 0 Å². The molecule has 0 radical (unpaired) electrons. The van der Waals surface area contributed by atoms with Crippen LogP contribution in [0.3, 0.4) is 0 Å². The van der Waals surface area contributed by atoms with Gasteiger partial charge in [-0.05, 0) is 26.3 Å². The van der Waals surface area contributed by atoms with E-state index in [0.717, 1.165) is 5.56 Å². The van der Waals surface area contributed by atoms with Crippen molar-refractivity contribution in [3.63, 3.8) is 0 Å². The van der Waals surface area contributed by atoms with Crippen LogP contribution in [0.5, 0.6) is 0 Å². The lowest BCUT2D eigenvalue weighted by Crippen LogP contribution is -2.43. The van der Waals surface area contributed by atoms with E-state index in [1.165, 1.54) is 0 Å². The molecule has 0 saturated carbocycles. The number of carboxylic acid groups (broad SMARTS) is 1. The van der Waals surface area contributed by atoms with Crippen molar-refractivity contribution in [2.45, 2.75) is 38.9 Å². The predicted molar refractivity (Wildman–Crippen MR) is 71.8 cm³/mol. The summed E-state index contributed by atoms with van der Waals surface area (Å²) in [4.78, 5) is 11.2. The zero-order valence-corrected chi connectivity index (χ0v) is 11.6. The molecule has 1 aromatic rings. The second kappa shape index (κ2) is 6.21. The van der Waals surface area contributed by atoms with Crippen LogP contribution >= 0.6 is 11.6 Å². The number of hydrogen-bond donors (Lipinski definition) is 1. The molecule has 0 bridgehead atoms. The lowest BCUT2D eigenvalue weighted by Gasteiger charge is -2.32. The molecule has 3 nitrogen and oxygen atoms in total. The van der Waals surface area contributed by atoms with Crippen LogP contribution < -0.4 is 0 Å². The third kappa shape index (κ3) is 3.72. The molecule has 0 saturated heterocycles. The Hall–Kier alpha value is -1.06. The highest BCUT2D eigenvalue weighted by Gasteiger charge is 2.40. The number of rotatable bonds is 6.